The number of carbonyl (C=O) groups is 4. The van der Waals surface area contributed by atoms with E-state index in [1.54, 1.807) is 15.9 Å². The zero-order valence-electron chi connectivity index (χ0n) is 16.0. The van der Waals surface area contributed by atoms with Crippen LogP contribution in [0.25, 0.3) is 0 Å². The van der Waals surface area contributed by atoms with E-state index in [0.29, 0.717) is 30.8 Å². The zero-order valence-corrected chi connectivity index (χ0v) is 16.8. The first-order valence-electron chi connectivity index (χ1n) is 10.3. The summed E-state index contributed by atoms with van der Waals surface area (Å²) >= 11 is 1.35. The minimum Gasteiger partial charge on any atom is -0.351 e. The number of hydrogen-bond acceptors (Lipinski definition) is 5. The third-order valence-electron chi connectivity index (χ3n) is 6.68. The zero-order chi connectivity index (χ0) is 20.1. The molecular formula is C20H24N4O4S. The Kier molecular flexibility index (Phi) is 4.57. The van der Waals surface area contributed by atoms with Crippen molar-refractivity contribution in [1.29, 1.82) is 0 Å². The number of rotatable bonds is 3. The molecule has 29 heavy (non-hydrogen) atoms. The molecule has 5 rings (SSSR count). The van der Waals surface area contributed by atoms with Crippen molar-refractivity contribution in [1.82, 2.24) is 20.4 Å². The van der Waals surface area contributed by atoms with E-state index in [1.165, 1.54) is 11.3 Å². The van der Waals surface area contributed by atoms with Crippen molar-refractivity contribution in [3.8, 4) is 0 Å². The van der Waals surface area contributed by atoms with Crippen LogP contribution in [0.2, 0.25) is 0 Å². The van der Waals surface area contributed by atoms with Crippen molar-refractivity contribution in [2.45, 2.75) is 56.3 Å². The van der Waals surface area contributed by atoms with E-state index < -0.39 is 12.1 Å². The Bertz CT molecular complexity index is 853. The number of carbonyl (C=O) groups excluding carboxylic acids is 4. The molecule has 1 aromatic heterocycles. The SMILES string of the molecule is O=C(N[C@H]1C[C@@H]2C(=O)N[C@@H]3CCN(C(=O)c4cccs4)[C@@H]3C(=O)N2C1)C1CCC1. The summed E-state index contributed by atoms with van der Waals surface area (Å²) in [5.41, 5.74) is 0. The number of fused-ring (bicyclic) bond motifs is 2. The van der Waals surface area contributed by atoms with Crippen molar-refractivity contribution >= 4 is 35.0 Å². The summed E-state index contributed by atoms with van der Waals surface area (Å²) in [5, 5.41) is 7.85. The highest BCUT2D eigenvalue weighted by atomic mass is 32.1. The summed E-state index contributed by atoms with van der Waals surface area (Å²) in [4.78, 5) is 55.2. The predicted octanol–water partition coefficient (Wildman–Crippen LogP) is 0.347. The van der Waals surface area contributed by atoms with Gasteiger partial charge in [0.1, 0.15) is 12.1 Å². The van der Waals surface area contributed by atoms with Crippen LogP contribution >= 0.6 is 11.3 Å². The molecule has 1 aliphatic carbocycles. The Morgan fingerprint density at radius 3 is 2.72 bits per heavy atom. The molecule has 0 radical (unpaired) electrons. The Hall–Kier alpha value is -2.42. The Labute approximate surface area is 172 Å². The van der Waals surface area contributed by atoms with Gasteiger partial charge in [0.25, 0.3) is 5.91 Å². The van der Waals surface area contributed by atoms with Gasteiger partial charge in [0, 0.05) is 25.0 Å². The molecule has 1 aromatic rings. The van der Waals surface area contributed by atoms with Crippen LogP contribution in [0.1, 0.15) is 41.8 Å². The van der Waals surface area contributed by atoms with Gasteiger partial charge in [-0.2, -0.15) is 0 Å². The van der Waals surface area contributed by atoms with E-state index in [9.17, 15) is 19.2 Å². The second kappa shape index (κ2) is 7.12. The molecule has 9 heteroatoms. The fourth-order valence-electron chi connectivity index (χ4n) is 4.89. The van der Waals surface area contributed by atoms with Crippen molar-refractivity contribution < 1.29 is 19.2 Å². The lowest BCUT2D eigenvalue weighted by molar-refractivity contribution is -0.138. The standard InChI is InChI=1S/C20H24N4O4S/c25-17(11-3-1-4-11)21-12-9-14-18(26)22-13-6-7-23(16(13)20(28)24(14)10-12)19(27)15-5-2-8-29-15/h2,5,8,11-14,16H,1,3-4,6-7,9-10H2,(H,21,25)(H,22,26)/t12-,13+,14+,16-/m0/s1. The van der Waals surface area contributed by atoms with Gasteiger partial charge in [0.2, 0.25) is 17.7 Å². The molecule has 154 valence electrons. The van der Waals surface area contributed by atoms with Crippen LogP contribution in [0, 0.1) is 5.92 Å². The van der Waals surface area contributed by atoms with Crippen LogP contribution in [0.3, 0.4) is 0 Å². The summed E-state index contributed by atoms with van der Waals surface area (Å²) < 4.78 is 0. The van der Waals surface area contributed by atoms with Gasteiger partial charge in [-0.15, -0.1) is 11.3 Å². The normalized spacial score (nSPS) is 31.6. The summed E-state index contributed by atoms with van der Waals surface area (Å²) in [5.74, 6) is -0.446. The molecule has 0 bridgehead atoms. The highest BCUT2D eigenvalue weighted by Gasteiger charge is 2.52. The minimum absolute atomic E-state index is 0.0278. The number of likely N-dealkylation sites (tertiary alicyclic amines) is 1. The van der Waals surface area contributed by atoms with Gasteiger partial charge in [-0.05, 0) is 37.1 Å². The van der Waals surface area contributed by atoms with E-state index >= 15 is 0 Å². The van der Waals surface area contributed by atoms with Crippen molar-refractivity contribution in [2.75, 3.05) is 13.1 Å². The number of thiophene rings is 1. The second-order valence-corrected chi connectivity index (χ2v) is 9.35. The van der Waals surface area contributed by atoms with Crippen LogP contribution in [-0.4, -0.2) is 70.7 Å². The van der Waals surface area contributed by atoms with Crippen molar-refractivity contribution in [3.63, 3.8) is 0 Å². The topological polar surface area (TPSA) is 98.8 Å². The molecule has 3 aliphatic heterocycles. The first-order chi connectivity index (χ1) is 14.0. The van der Waals surface area contributed by atoms with Crippen molar-refractivity contribution in [3.05, 3.63) is 22.4 Å². The molecule has 0 aromatic carbocycles. The van der Waals surface area contributed by atoms with Crippen LogP contribution in [0.5, 0.6) is 0 Å². The third kappa shape index (κ3) is 3.11. The fourth-order valence-corrected chi connectivity index (χ4v) is 5.57. The van der Waals surface area contributed by atoms with E-state index in [1.807, 2.05) is 11.4 Å². The van der Waals surface area contributed by atoms with E-state index in [2.05, 4.69) is 10.6 Å². The van der Waals surface area contributed by atoms with Crippen LogP contribution in [0.4, 0.5) is 0 Å². The summed E-state index contributed by atoms with van der Waals surface area (Å²) in [6.45, 7) is 0.762. The maximum absolute atomic E-state index is 13.4. The number of nitrogens with zero attached hydrogens (tertiary/aromatic N) is 2. The average molecular weight is 417 g/mol. The molecule has 4 heterocycles. The van der Waals surface area contributed by atoms with Gasteiger partial charge in [-0.3, -0.25) is 19.2 Å². The van der Waals surface area contributed by atoms with Gasteiger partial charge in [0.05, 0.1) is 10.9 Å². The minimum atomic E-state index is -0.681. The monoisotopic (exact) mass is 416 g/mol. The number of nitrogens with one attached hydrogen (secondary N) is 2. The average Bonchev–Trinajstić information content (AvgIpc) is 3.37. The molecule has 3 saturated heterocycles. The molecule has 0 spiro atoms. The summed E-state index contributed by atoms with van der Waals surface area (Å²) in [7, 11) is 0. The van der Waals surface area contributed by atoms with Gasteiger partial charge < -0.3 is 20.4 Å². The lowest BCUT2D eigenvalue weighted by atomic mass is 9.84. The van der Waals surface area contributed by atoms with Gasteiger partial charge in [-0.25, -0.2) is 0 Å². The number of amides is 4. The quantitative estimate of drug-likeness (QED) is 0.743. The summed E-state index contributed by atoms with van der Waals surface area (Å²) in [6, 6.07) is 1.73. The van der Waals surface area contributed by atoms with Crippen LogP contribution < -0.4 is 10.6 Å². The second-order valence-electron chi connectivity index (χ2n) is 8.40. The van der Waals surface area contributed by atoms with Gasteiger partial charge in [-0.1, -0.05) is 12.5 Å². The molecule has 1 saturated carbocycles. The highest BCUT2D eigenvalue weighted by molar-refractivity contribution is 7.12. The maximum atomic E-state index is 13.4. The van der Waals surface area contributed by atoms with Gasteiger partial charge in [0.15, 0.2) is 0 Å². The predicted molar refractivity (Wildman–Crippen MR) is 105 cm³/mol. The largest absolute Gasteiger partial charge is 0.351 e. The van der Waals surface area contributed by atoms with Crippen LogP contribution in [-0.2, 0) is 14.4 Å². The van der Waals surface area contributed by atoms with E-state index in [0.717, 1.165) is 19.3 Å². The molecule has 2 N–H and O–H groups in total. The van der Waals surface area contributed by atoms with E-state index in [-0.39, 0.29) is 41.6 Å². The highest BCUT2D eigenvalue weighted by Crippen LogP contribution is 2.31. The van der Waals surface area contributed by atoms with Gasteiger partial charge >= 0.3 is 0 Å². The first kappa shape index (κ1) is 18.6. The maximum Gasteiger partial charge on any atom is 0.264 e. The molecule has 4 amide bonds. The Morgan fingerprint density at radius 1 is 1.21 bits per heavy atom. The van der Waals surface area contributed by atoms with Crippen molar-refractivity contribution in [2.24, 2.45) is 5.92 Å². The molecule has 8 nitrogen and oxygen atoms in total. The number of hydrogen-bond donors (Lipinski definition) is 2. The first-order valence-corrected chi connectivity index (χ1v) is 11.2. The summed E-state index contributed by atoms with van der Waals surface area (Å²) in [6.07, 6.45) is 3.90. The van der Waals surface area contributed by atoms with E-state index in [4.69, 9.17) is 0 Å². The lowest BCUT2D eigenvalue weighted by Crippen LogP contribution is -2.52. The fraction of sp³-hybridized carbons (Fsp3) is 0.600. The van der Waals surface area contributed by atoms with Crippen LogP contribution in [0.15, 0.2) is 17.5 Å². The Morgan fingerprint density at radius 2 is 2.03 bits per heavy atom. The molecule has 4 aliphatic rings. The Balaban J connectivity index is 1.34. The molecule has 4 fully saturated rings. The smallest absolute Gasteiger partial charge is 0.264 e. The molecular weight excluding hydrogens is 392 g/mol. The molecule has 4 atom stereocenters. The third-order valence-corrected chi connectivity index (χ3v) is 7.54. The molecule has 0 unspecified atom stereocenters. The lowest BCUT2D eigenvalue weighted by Gasteiger charge is -2.29.